The third-order valence-electron chi connectivity index (χ3n) is 5.25. The fourth-order valence-electron chi connectivity index (χ4n) is 3.36. The number of aryl methyl sites for hydroxylation is 3. The molecule has 0 saturated heterocycles. The standard InChI is InChI=1S/C22H28N2O2/c1-14-11-16(3)21(12-15(14)2)26-13-19-18(17-9-10-17)7-6-8-20(19)24(5)22(25)23-4/h6-8,11-12,17H,9-10,13H2,1-5H3,(H,23,25). The Morgan fingerprint density at radius 2 is 1.85 bits per heavy atom. The molecular weight excluding hydrogens is 324 g/mol. The Balaban J connectivity index is 1.93. The lowest BCUT2D eigenvalue weighted by molar-refractivity contribution is 0.249. The smallest absolute Gasteiger partial charge is 0.321 e. The van der Waals surface area contributed by atoms with Crippen molar-refractivity contribution in [2.24, 2.45) is 0 Å². The molecule has 1 N–H and O–H groups in total. The van der Waals surface area contributed by atoms with E-state index in [2.05, 4.69) is 44.3 Å². The van der Waals surface area contributed by atoms with Gasteiger partial charge in [0.15, 0.2) is 0 Å². The number of rotatable bonds is 5. The minimum absolute atomic E-state index is 0.124. The molecule has 1 aliphatic rings. The second kappa shape index (κ2) is 7.40. The molecule has 0 radical (unpaired) electrons. The Morgan fingerprint density at radius 3 is 2.50 bits per heavy atom. The number of nitrogens with zero attached hydrogens (tertiary/aromatic N) is 1. The molecule has 1 fully saturated rings. The van der Waals surface area contributed by atoms with Crippen LogP contribution in [0.15, 0.2) is 30.3 Å². The Kier molecular flexibility index (Phi) is 5.21. The van der Waals surface area contributed by atoms with Crippen molar-refractivity contribution in [3.05, 3.63) is 58.1 Å². The summed E-state index contributed by atoms with van der Waals surface area (Å²) < 4.78 is 6.22. The van der Waals surface area contributed by atoms with Crippen LogP contribution < -0.4 is 15.0 Å². The number of carbonyl (C=O) groups is 1. The summed E-state index contributed by atoms with van der Waals surface area (Å²) in [5.74, 6) is 1.50. The van der Waals surface area contributed by atoms with E-state index in [-0.39, 0.29) is 6.03 Å². The molecule has 1 saturated carbocycles. The average Bonchev–Trinajstić information content (AvgIpc) is 3.47. The summed E-state index contributed by atoms with van der Waals surface area (Å²) in [4.78, 5) is 13.8. The van der Waals surface area contributed by atoms with E-state index < -0.39 is 0 Å². The van der Waals surface area contributed by atoms with E-state index in [9.17, 15) is 4.79 Å². The monoisotopic (exact) mass is 352 g/mol. The van der Waals surface area contributed by atoms with Crippen molar-refractivity contribution >= 4 is 11.7 Å². The largest absolute Gasteiger partial charge is 0.489 e. The number of benzene rings is 2. The topological polar surface area (TPSA) is 41.6 Å². The predicted molar refractivity (Wildman–Crippen MR) is 106 cm³/mol. The average molecular weight is 352 g/mol. The Morgan fingerprint density at radius 1 is 1.15 bits per heavy atom. The number of carbonyl (C=O) groups excluding carboxylic acids is 1. The molecule has 0 heterocycles. The molecule has 4 heteroatoms. The van der Waals surface area contributed by atoms with Crippen molar-refractivity contribution in [2.75, 3.05) is 19.0 Å². The van der Waals surface area contributed by atoms with Crippen LogP contribution in [0.2, 0.25) is 0 Å². The molecule has 0 atom stereocenters. The van der Waals surface area contributed by atoms with E-state index >= 15 is 0 Å². The van der Waals surface area contributed by atoms with E-state index in [1.807, 2.05) is 12.1 Å². The molecule has 2 aromatic rings. The van der Waals surface area contributed by atoms with Gasteiger partial charge in [0, 0.05) is 19.7 Å². The van der Waals surface area contributed by atoms with Crippen molar-refractivity contribution in [1.29, 1.82) is 0 Å². The van der Waals surface area contributed by atoms with Crippen LogP contribution in [0.4, 0.5) is 10.5 Å². The van der Waals surface area contributed by atoms with Crippen molar-refractivity contribution in [1.82, 2.24) is 5.32 Å². The zero-order chi connectivity index (χ0) is 18.8. The molecule has 2 aromatic carbocycles. The van der Waals surface area contributed by atoms with E-state index in [1.54, 1.807) is 19.0 Å². The first-order chi connectivity index (χ1) is 12.4. The van der Waals surface area contributed by atoms with Gasteiger partial charge in [-0.1, -0.05) is 18.2 Å². The van der Waals surface area contributed by atoms with Gasteiger partial charge in [-0.05, 0) is 73.9 Å². The second-order valence-corrected chi connectivity index (χ2v) is 7.22. The molecule has 3 rings (SSSR count). The third kappa shape index (κ3) is 3.69. The van der Waals surface area contributed by atoms with Gasteiger partial charge in [0.2, 0.25) is 0 Å². The lowest BCUT2D eigenvalue weighted by atomic mass is 10.0. The Labute approximate surface area is 156 Å². The maximum atomic E-state index is 12.1. The fourth-order valence-corrected chi connectivity index (χ4v) is 3.36. The number of nitrogens with one attached hydrogen (secondary N) is 1. The SMILES string of the molecule is CNC(=O)N(C)c1cccc(C2CC2)c1COc1cc(C)c(C)cc1C. The Bertz CT molecular complexity index is 825. The van der Waals surface area contributed by atoms with Crippen LogP contribution in [0.5, 0.6) is 5.75 Å². The van der Waals surface area contributed by atoms with E-state index in [4.69, 9.17) is 4.74 Å². The van der Waals surface area contributed by atoms with Gasteiger partial charge in [0.05, 0.1) is 5.69 Å². The van der Waals surface area contributed by atoms with Gasteiger partial charge >= 0.3 is 6.03 Å². The zero-order valence-corrected chi connectivity index (χ0v) is 16.3. The van der Waals surface area contributed by atoms with Crippen LogP contribution in [0.3, 0.4) is 0 Å². The summed E-state index contributed by atoms with van der Waals surface area (Å²) in [5, 5.41) is 2.70. The van der Waals surface area contributed by atoms with Crippen LogP contribution in [0, 0.1) is 20.8 Å². The molecule has 138 valence electrons. The van der Waals surface area contributed by atoms with Gasteiger partial charge in [-0.3, -0.25) is 4.90 Å². The molecule has 26 heavy (non-hydrogen) atoms. The molecule has 4 nitrogen and oxygen atoms in total. The first-order valence-electron chi connectivity index (χ1n) is 9.20. The number of anilines is 1. The molecule has 0 aromatic heterocycles. The number of amides is 2. The van der Waals surface area contributed by atoms with Crippen molar-refractivity contribution in [3.8, 4) is 5.75 Å². The van der Waals surface area contributed by atoms with Crippen LogP contribution >= 0.6 is 0 Å². The first-order valence-corrected chi connectivity index (χ1v) is 9.20. The predicted octanol–water partition coefficient (Wildman–Crippen LogP) is 4.84. The number of ether oxygens (including phenoxy) is 1. The molecule has 1 aliphatic carbocycles. The molecule has 0 bridgehead atoms. The maximum absolute atomic E-state index is 12.1. The third-order valence-corrected chi connectivity index (χ3v) is 5.25. The quantitative estimate of drug-likeness (QED) is 0.836. The second-order valence-electron chi connectivity index (χ2n) is 7.22. The lowest BCUT2D eigenvalue weighted by Crippen LogP contribution is -2.35. The highest BCUT2D eigenvalue weighted by Crippen LogP contribution is 2.44. The van der Waals surface area contributed by atoms with Crippen LogP contribution in [0.25, 0.3) is 0 Å². The van der Waals surface area contributed by atoms with Crippen molar-refractivity contribution in [3.63, 3.8) is 0 Å². The summed E-state index contributed by atoms with van der Waals surface area (Å²) in [6.07, 6.45) is 2.42. The van der Waals surface area contributed by atoms with Crippen molar-refractivity contribution in [2.45, 2.75) is 46.1 Å². The maximum Gasteiger partial charge on any atom is 0.321 e. The number of urea groups is 1. The lowest BCUT2D eigenvalue weighted by Gasteiger charge is -2.23. The highest BCUT2D eigenvalue weighted by atomic mass is 16.5. The molecular formula is C22H28N2O2. The summed E-state index contributed by atoms with van der Waals surface area (Å²) in [5.41, 5.74) is 6.96. The summed E-state index contributed by atoms with van der Waals surface area (Å²) in [6.45, 7) is 6.76. The van der Waals surface area contributed by atoms with Gasteiger partial charge < -0.3 is 10.1 Å². The van der Waals surface area contributed by atoms with Crippen molar-refractivity contribution < 1.29 is 9.53 Å². The summed E-state index contributed by atoms with van der Waals surface area (Å²) >= 11 is 0. The van der Waals surface area contributed by atoms with Crippen LogP contribution in [0.1, 0.15) is 46.6 Å². The van der Waals surface area contributed by atoms with Gasteiger partial charge in [0.1, 0.15) is 12.4 Å². The molecule has 0 unspecified atom stereocenters. The zero-order valence-electron chi connectivity index (χ0n) is 16.3. The normalized spacial score (nSPS) is 13.4. The fraction of sp³-hybridized carbons (Fsp3) is 0.409. The van der Waals surface area contributed by atoms with E-state index in [1.165, 1.54) is 29.5 Å². The summed E-state index contributed by atoms with van der Waals surface area (Å²) in [7, 11) is 3.45. The van der Waals surface area contributed by atoms with Crippen LogP contribution in [-0.4, -0.2) is 20.1 Å². The number of hydrogen-bond acceptors (Lipinski definition) is 2. The number of hydrogen-bond donors (Lipinski definition) is 1. The van der Waals surface area contributed by atoms with E-state index in [0.717, 1.165) is 22.6 Å². The van der Waals surface area contributed by atoms with Gasteiger partial charge in [-0.15, -0.1) is 0 Å². The van der Waals surface area contributed by atoms with Gasteiger partial charge in [-0.2, -0.15) is 0 Å². The first kappa shape index (κ1) is 18.3. The molecule has 2 amide bonds. The highest BCUT2D eigenvalue weighted by molar-refractivity contribution is 5.92. The van der Waals surface area contributed by atoms with Gasteiger partial charge in [0.25, 0.3) is 0 Å². The minimum Gasteiger partial charge on any atom is -0.489 e. The van der Waals surface area contributed by atoms with Crippen LogP contribution in [-0.2, 0) is 6.61 Å². The van der Waals surface area contributed by atoms with E-state index in [0.29, 0.717) is 12.5 Å². The summed E-state index contributed by atoms with van der Waals surface area (Å²) in [6, 6.07) is 10.3. The van der Waals surface area contributed by atoms with Gasteiger partial charge in [-0.25, -0.2) is 4.79 Å². The molecule has 0 aliphatic heterocycles. The minimum atomic E-state index is -0.124. The Hall–Kier alpha value is -2.49. The molecule has 0 spiro atoms. The highest BCUT2D eigenvalue weighted by Gasteiger charge is 2.28.